The van der Waals surface area contributed by atoms with E-state index in [1.807, 2.05) is 12.1 Å². The van der Waals surface area contributed by atoms with Gasteiger partial charge in [0, 0.05) is 5.39 Å². The number of hydrogen-bond donors (Lipinski definition) is 0. The topological polar surface area (TPSA) is 50.1 Å². The van der Waals surface area contributed by atoms with E-state index in [4.69, 9.17) is 10.00 Å². The van der Waals surface area contributed by atoms with E-state index in [9.17, 15) is 4.79 Å². The van der Waals surface area contributed by atoms with Gasteiger partial charge in [-0.25, -0.2) is 4.79 Å². The molecule has 0 radical (unpaired) electrons. The molecular formula is C14H11NO2. The Hall–Kier alpha value is -2.34. The summed E-state index contributed by atoms with van der Waals surface area (Å²) in [5.74, 6) is -0.388. The number of rotatable bonds is 2. The average Bonchev–Trinajstić information content (AvgIpc) is 2.37. The minimum atomic E-state index is -0.388. The Bertz CT molecular complexity index is 606. The molecule has 0 saturated carbocycles. The zero-order valence-corrected chi connectivity index (χ0v) is 9.43. The van der Waals surface area contributed by atoms with Crippen LogP contribution in [0.1, 0.15) is 22.8 Å². The molecule has 84 valence electrons. The summed E-state index contributed by atoms with van der Waals surface area (Å²) in [6, 6.07) is 12.8. The van der Waals surface area contributed by atoms with Crippen LogP contribution < -0.4 is 0 Å². The summed E-state index contributed by atoms with van der Waals surface area (Å²) < 4.78 is 4.99. The molecule has 17 heavy (non-hydrogen) atoms. The monoisotopic (exact) mass is 225 g/mol. The summed E-state index contributed by atoms with van der Waals surface area (Å²) in [6.45, 7) is 2.08. The number of ether oxygens (including phenoxy) is 1. The second-order valence-electron chi connectivity index (χ2n) is 3.54. The Morgan fingerprint density at radius 2 is 2.00 bits per heavy atom. The third kappa shape index (κ3) is 1.98. The molecule has 0 aromatic heterocycles. The Kier molecular flexibility index (Phi) is 3.06. The molecule has 0 bridgehead atoms. The molecule has 0 atom stereocenters. The van der Waals surface area contributed by atoms with Crippen molar-refractivity contribution in [1.82, 2.24) is 0 Å². The molecule has 0 amide bonds. The number of nitriles is 1. The number of nitrogens with zero attached hydrogens (tertiary/aromatic N) is 1. The van der Waals surface area contributed by atoms with Crippen LogP contribution in [0.3, 0.4) is 0 Å². The van der Waals surface area contributed by atoms with Gasteiger partial charge in [-0.3, -0.25) is 0 Å². The molecule has 2 aromatic rings. The van der Waals surface area contributed by atoms with Gasteiger partial charge in [-0.05, 0) is 24.4 Å². The fraction of sp³-hybridized carbons (Fsp3) is 0.143. The van der Waals surface area contributed by atoms with Crippen molar-refractivity contribution in [3.63, 3.8) is 0 Å². The van der Waals surface area contributed by atoms with Gasteiger partial charge < -0.3 is 4.74 Å². The zero-order valence-electron chi connectivity index (χ0n) is 9.43. The number of benzene rings is 2. The zero-order chi connectivity index (χ0) is 12.3. The maximum Gasteiger partial charge on any atom is 0.338 e. The van der Waals surface area contributed by atoms with Gasteiger partial charge in [0.05, 0.1) is 23.8 Å². The highest BCUT2D eigenvalue weighted by Gasteiger charge is 2.13. The number of carbonyl (C=O) groups is 1. The normalized spacial score (nSPS) is 9.88. The van der Waals surface area contributed by atoms with Crippen LogP contribution in [0.4, 0.5) is 0 Å². The molecule has 3 nitrogen and oxygen atoms in total. The smallest absolute Gasteiger partial charge is 0.338 e. The van der Waals surface area contributed by atoms with Crippen molar-refractivity contribution in [3.8, 4) is 6.07 Å². The van der Waals surface area contributed by atoms with Crippen molar-refractivity contribution in [2.24, 2.45) is 0 Å². The Labute approximate surface area is 99.2 Å². The lowest BCUT2D eigenvalue weighted by atomic mass is 10.00. The first-order chi connectivity index (χ1) is 8.27. The van der Waals surface area contributed by atoms with Gasteiger partial charge in [-0.2, -0.15) is 5.26 Å². The van der Waals surface area contributed by atoms with Crippen molar-refractivity contribution >= 4 is 16.7 Å². The second kappa shape index (κ2) is 4.67. The minimum absolute atomic E-state index is 0.323. The molecule has 0 N–H and O–H groups in total. The van der Waals surface area contributed by atoms with Crippen LogP contribution in [-0.2, 0) is 4.74 Å². The van der Waals surface area contributed by atoms with Crippen LogP contribution in [0.15, 0.2) is 36.4 Å². The van der Waals surface area contributed by atoms with Crippen LogP contribution >= 0.6 is 0 Å². The van der Waals surface area contributed by atoms with Crippen molar-refractivity contribution in [1.29, 1.82) is 5.26 Å². The summed E-state index contributed by atoms with van der Waals surface area (Å²) in [5.41, 5.74) is 0.938. The van der Waals surface area contributed by atoms with E-state index in [-0.39, 0.29) is 5.97 Å². The van der Waals surface area contributed by atoms with Gasteiger partial charge in [-0.1, -0.05) is 24.3 Å². The van der Waals surface area contributed by atoms with E-state index in [2.05, 4.69) is 6.07 Å². The molecular weight excluding hydrogens is 214 g/mol. The van der Waals surface area contributed by atoms with Crippen LogP contribution in [0.5, 0.6) is 0 Å². The fourth-order valence-electron chi connectivity index (χ4n) is 1.81. The predicted octanol–water partition coefficient (Wildman–Crippen LogP) is 2.89. The molecule has 2 aromatic carbocycles. The summed E-state index contributed by atoms with van der Waals surface area (Å²) >= 11 is 0. The molecule has 0 aliphatic heterocycles. The van der Waals surface area contributed by atoms with E-state index in [0.29, 0.717) is 23.1 Å². The lowest BCUT2D eigenvalue weighted by Crippen LogP contribution is -2.05. The summed E-state index contributed by atoms with van der Waals surface area (Å²) in [6.07, 6.45) is 0. The van der Waals surface area contributed by atoms with Crippen molar-refractivity contribution < 1.29 is 9.53 Å². The third-order valence-electron chi connectivity index (χ3n) is 2.52. The lowest BCUT2D eigenvalue weighted by molar-refractivity contribution is 0.0528. The molecule has 2 rings (SSSR count). The van der Waals surface area contributed by atoms with Crippen molar-refractivity contribution in [2.45, 2.75) is 6.92 Å². The van der Waals surface area contributed by atoms with E-state index in [1.54, 1.807) is 31.2 Å². The Morgan fingerprint density at radius 1 is 1.29 bits per heavy atom. The van der Waals surface area contributed by atoms with E-state index in [1.165, 1.54) is 0 Å². The summed E-state index contributed by atoms with van der Waals surface area (Å²) in [4.78, 5) is 11.8. The minimum Gasteiger partial charge on any atom is -0.462 e. The lowest BCUT2D eigenvalue weighted by Gasteiger charge is -2.07. The van der Waals surface area contributed by atoms with E-state index < -0.39 is 0 Å². The molecule has 0 fully saturated rings. The molecule has 0 aliphatic carbocycles. The highest BCUT2D eigenvalue weighted by atomic mass is 16.5. The Morgan fingerprint density at radius 3 is 2.65 bits per heavy atom. The van der Waals surface area contributed by atoms with Gasteiger partial charge in [0.1, 0.15) is 0 Å². The van der Waals surface area contributed by atoms with E-state index >= 15 is 0 Å². The fourth-order valence-corrected chi connectivity index (χ4v) is 1.81. The van der Waals surface area contributed by atoms with Gasteiger partial charge in [0.25, 0.3) is 0 Å². The maximum atomic E-state index is 11.8. The summed E-state index contributed by atoms with van der Waals surface area (Å²) in [5, 5.41) is 10.6. The SMILES string of the molecule is CCOC(=O)c1cccc2cccc(C#N)c12. The van der Waals surface area contributed by atoms with Crippen molar-refractivity contribution in [3.05, 3.63) is 47.5 Å². The number of esters is 1. The van der Waals surface area contributed by atoms with E-state index in [0.717, 1.165) is 5.39 Å². The van der Waals surface area contributed by atoms with Gasteiger partial charge in [0.2, 0.25) is 0 Å². The molecule has 0 saturated heterocycles. The van der Waals surface area contributed by atoms with Crippen LogP contribution in [0, 0.1) is 11.3 Å². The first kappa shape index (κ1) is 11.2. The van der Waals surface area contributed by atoms with Crippen LogP contribution in [0.25, 0.3) is 10.8 Å². The molecule has 0 heterocycles. The standard InChI is InChI=1S/C14H11NO2/c1-2-17-14(16)12-8-4-6-10-5-3-7-11(9-15)13(10)12/h3-8H,2H2,1H3. The van der Waals surface area contributed by atoms with Gasteiger partial charge in [0.15, 0.2) is 0 Å². The summed E-state index contributed by atoms with van der Waals surface area (Å²) in [7, 11) is 0. The molecule has 0 spiro atoms. The molecule has 0 aliphatic rings. The maximum absolute atomic E-state index is 11.8. The van der Waals surface area contributed by atoms with Crippen LogP contribution in [0.2, 0.25) is 0 Å². The van der Waals surface area contributed by atoms with Crippen molar-refractivity contribution in [2.75, 3.05) is 6.61 Å². The quantitative estimate of drug-likeness (QED) is 0.738. The first-order valence-electron chi connectivity index (χ1n) is 5.37. The third-order valence-corrected chi connectivity index (χ3v) is 2.52. The molecule has 0 unspecified atom stereocenters. The highest BCUT2D eigenvalue weighted by Crippen LogP contribution is 2.23. The number of fused-ring (bicyclic) bond motifs is 1. The van der Waals surface area contributed by atoms with Gasteiger partial charge >= 0.3 is 5.97 Å². The highest BCUT2D eigenvalue weighted by molar-refractivity contribution is 6.06. The van der Waals surface area contributed by atoms with Crippen LogP contribution in [-0.4, -0.2) is 12.6 Å². The Balaban J connectivity index is 2.72. The first-order valence-corrected chi connectivity index (χ1v) is 5.37. The average molecular weight is 225 g/mol. The second-order valence-corrected chi connectivity index (χ2v) is 3.54. The van der Waals surface area contributed by atoms with Gasteiger partial charge in [-0.15, -0.1) is 0 Å². The molecule has 3 heteroatoms. The largest absolute Gasteiger partial charge is 0.462 e. The number of hydrogen-bond acceptors (Lipinski definition) is 3. The number of carbonyl (C=O) groups excluding carboxylic acids is 1. The predicted molar refractivity (Wildman–Crippen MR) is 64.6 cm³/mol.